The van der Waals surface area contributed by atoms with Gasteiger partial charge in [-0.2, -0.15) is 0 Å². The Kier molecular flexibility index (Phi) is 4.81. The molecule has 1 aromatic carbocycles. The number of fused-ring (bicyclic) bond motifs is 3. The van der Waals surface area contributed by atoms with E-state index in [0.717, 1.165) is 17.5 Å². The smallest absolute Gasteiger partial charge is 0.263 e. The van der Waals surface area contributed by atoms with Crippen LogP contribution in [0.2, 0.25) is 0 Å². The molecule has 4 aliphatic rings. The van der Waals surface area contributed by atoms with Crippen LogP contribution in [0.5, 0.6) is 11.5 Å². The topological polar surface area (TPSA) is 72.8 Å². The molecule has 1 N–H and O–H groups in total. The van der Waals surface area contributed by atoms with Crippen LogP contribution >= 0.6 is 12.4 Å². The van der Waals surface area contributed by atoms with E-state index in [0.29, 0.717) is 43.2 Å². The average molecular weight is 404 g/mol. The van der Waals surface area contributed by atoms with Gasteiger partial charge in [-0.25, -0.2) is 0 Å². The molecule has 2 unspecified atom stereocenters. The van der Waals surface area contributed by atoms with E-state index in [1.807, 2.05) is 36.1 Å². The molecule has 1 amide bonds. The summed E-state index contributed by atoms with van der Waals surface area (Å²) in [6, 6.07) is 8.20. The number of aryl methyl sites for hydroxylation is 1. The van der Waals surface area contributed by atoms with Gasteiger partial charge in [0.25, 0.3) is 11.5 Å². The molecule has 3 saturated heterocycles. The molecule has 5 heterocycles. The minimum absolute atomic E-state index is 0. The Labute approximate surface area is 168 Å². The number of ether oxygens (including phenoxy) is 2. The molecule has 3 fully saturated rings. The molecule has 0 aliphatic carbocycles. The molecule has 0 radical (unpaired) electrons. The quantitative estimate of drug-likeness (QED) is 0.841. The van der Waals surface area contributed by atoms with Crippen molar-refractivity contribution < 1.29 is 14.3 Å². The van der Waals surface area contributed by atoms with E-state index in [1.165, 1.54) is 0 Å². The third-order valence-corrected chi connectivity index (χ3v) is 5.59. The molecule has 148 valence electrons. The number of rotatable bonds is 3. The number of hydrogen-bond acceptors (Lipinski definition) is 5. The van der Waals surface area contributed by atoms with Crippen molar-refractivity contribution in [1.82, 2.24) is 14.8 Å². The Morgan fingerprint density at radius 2 is 1.89 bits per heavy atom. The summed E-state index contributed by atoms with van der Waals surface area (Å²) in [6.07, 6.45) is 2.86. The van der Waals surface area contributed by atoms with Gasteiger partial charge in [-0.1, -0.05) is 6.07 Å². The zero-order valence-electron chi connectivity index (χ0n) is 15.5. The lowest BCUT2D eigenvalue weighted by Crippen LogP contribution is -2.67. The lowest BCUT2D eigenvalue weighted by atomic mass is 9.91. The zero-order valence-corrected chi connectivity index (χ0v) is 16.3. The van der Waals surface area contributed by atoms with Crippen molar-refractivity contribution in [2.45, 2.75) is 32.0 Å². The molecule has 2 atom stereocenters. The van der Waals surface area contributed by atoms with Gasteiger partial charge in [0.2, 0.25) is 6.79 Å². The largest absolute Gasteiger partial charge is 0.454 e. The second-order valence-corrected chi connectivity index (χ2v) is 7.50. The van der Waals surface area contributed by atoms with Gasteiger partial charge in [0.1, 0.15) is 5.56 Å². The Bertz CT molecular complexity index is 974. The number of halogens is 1. The predicted molar refractivity (Wildman–Crippen MR) is 106 cm³/mol. The van der Waals surface area contributed by atoms with Gasteiger partial charge in [0, 0.05) is 31.4 Å². The number of amides is 1. The van der Waals surface area contributed by atoms with Crippen LogP contribution in [0.1, 0.15) is 27.9 Å². The van der Waals surface area contributed by atoms with Gasteiger partial charge in [0.15, 0.2) is 11.5 Å². The van der Waals surface area contributed by atoms with E-state index < -0.39 is 0 Å². The number of piperazine rings is 1. The highest BCUT2D eigenvalue weighted by atomic mass is 35.5. The Balaban J connectivity index is 0.00000192. The maximum Gasteiger partial charge on any atom is 0.263 e. The van der Waals surface area contributed by atoms with Crippen molar-refractivity contribution >= 4 is 18.3 Å². The number of carbonyl (C=O) groups excluding carboxylic acids is 1. The van der Waals surface area contributed by atoms with E-state index in [2.05, 4.69) is 5.32 Å². The molecule has 0 spiro atoms. The van der Waals surface area contributed by atoms with Crippen molar-refractivity contribution in [1.29, 1.82) is 0 Å². The van der Waals surface area contributed by atoms with Crippen LogP contribution in [0.15, 0.2) is 35.3 Å². The van der Waals surface area contributed by atoms with Crippen LogP contribution in [0.4, 0.5) is 0 Å². The molecule has 4 aliphatic heterocycles. The van der Waals surface area contributed by atoms with Crippen molar-refractivity contribution in [3.63, 3.8) is 0 Å². The number of nitrogens with one attached hydrogen (secondary N) is 1. The van der Waals surface area contributed by atoms with Crippen molar-refractivity contribution in [3.05, 3.63) is 57.5 Å². The van der Waals surface area contributed by atoms with Gasteiger partial charge < -0.3 is 24.3 Å². The second kappa shape index (κ2) is 7.14. The highest BCUT2D eigenvalue weighted by Crippen LogP contribution is 2.32. The first-order valence-corrected chi connectivity index (χ1v) is 9.22. The third-order valence-electron chi connectivity index (χ3n) is 5.59. The number of aromatic nitrogens is 1. The SMILES string of the molecule is Cc1ccn(Cc2ccc3c(c2)OCO3)c(=O)c1C(=O)N1CC2CC(C1)N2.Cl. The van der Waals surface area contributed by atoms with Gasteiger partial charge >= 0.3 is 0 Å². The monoisotopic (exact) mass is 403 g/mol. The fraction of sp³-hybridized carbons (Fsp3) is 0.400. The molecule has 6 rings (SSSR count). The standard InChI is InChI=1S/C20H21N3O4.ClH/c1-12-4-5-22(8-13-2-3-16-17(6-13)27-11-26-16)19(24)18(12)20(25)23-9-14-7-15(10-23)21-14;/h2-6,14-15,21H,7-11H2,1H3;1H. The molecule has 7 nitrogen and oxygen atoms in total. The average Bonchev–Trinajstić information content (AvgIpc) is 3.11. The Morgan fingerprint density at radius 1 is 1.18 bits per heavy atom. The number of benzene rings is 1. The molecule has 0 saturated carbocycles. The molecular weight excluding hydrogens is 382 g/mol. The molecule has 8 heteroatoms. The van der Waals surface area contributed by atoms with Crippen LogP contribution in [-0.2, 0) is 6.54 Å². The number of hydrogen-bond donors (Lipinski definition) is 1. The number of pyridine rings is 1. The highest BCUT2D eigenvalue weighted by molar-refractivity contribution is 5.95. The zero-order chi connectivity index (χ0) is 18.5. The summed E-state index contributed by atoms with van der Waals surface area (Å²) in [4.78, 5) is 27.9. The molecule has 1 aromatic heterocycles. The second-order valence-electron chi connectivity index (χ2n) is 7.50. The fourth-order valence-electron chi connectivity index (χ4n) is 4.12. The Hall–Kier alpha value is -2.51. The van der Waals surface area contributed by atoms with Crippen molar-refractivity contribution in [2.24, 2.45) is 0 Å². The van der Waals surface area contributed by atoms with Gasteiger partial charge in [-0.3, -0.25) is 9.59 Å². The minimum Gasteiger partial charge on any atom is -0.454 e. The summed E-state index contributed by atoms with van der Waals surface area (Å²) in [7, 11) is 0. The maximum atomic E-state index is 13.0. The van der Waals surface area contributed by atoms with Gasteiger partial charge in [0.05, 0.1) is 6.54 Å². The van der Waals surface area contributed by atoms with Gasteiger partial charge in [-0.15, -0.1) is 12.4 Å². The van der Waals surface area contributed by atoms with Crippen LogP contribution in [0.3, 0.4) is 0 Å². The van der Waals surface area contributed by atoms with Gasteiger partial charge in [-0.05, 0) is 42.7 Å². The van der Waals surface area contributed by atoms with Crippen LogP contribution in [0, 0.1) is 6.92 Å². The Morgan fingerprint density at radius 3 is 2.64 bits per heavy atom. The van der Waals surface area contributed by atoms with E-state index in [1.54, 1.807) is 10.8 Å². The molecule has 2 aromatic rings. The van der Waals surface area contributed by atoms with E-state index >= 15 is 0 Å². The maximum absolute atomic E-state index is 13.0. The lowest BCUT2D eigenvalue weighted by Gasteiger charge is -2.48. The predicted octanol–water partition coefficient (Wildman–Crippen LogP) is 1.54. The third kappa shape index (κ3) is 3.14. The van der Waals surface area contributed by atoms with Crippen molar-refractivity contribution in [2.75, 3.05) is 19.9 Å². The van der Waals surface area contributed by atoms with E-state index in [9.17, 15) is 9.59 Å². The van der Waals surface area contributed by atoms with Crippen LogP contribution < -0.4 is 20.3 Å². The number of nitrogens with zero attached hydrogens (tertiary/aromatic N) is 2. The van der Waals surface area contributed by atoms with E-state index in [-0.39, 0.29) is 36.2 Å². The first-order chi connectivity index (χ1) is 13.1. The van der Waals surface area contributed by atoms with Crippen LogP contribution in [0.25, 0.3) is 0 Å². The summed E-state index contributed by atoms with van der Waals surface area (Å²) in [5, 5.41) is 3.41. The lowest BCUT2D eigenvalue weighted by molar-refractivity contribution is 0.0471. The summed E-state index contributed by atoms with van der Waals surface area (Å²) < 4.78 is 12.3. The minimum atomic E-state index is -0.245. The van der Waals surface area contributed by atoms with Crippen molar-refractivity contribution in [3.8, 4) is 11.5 Å². The molecular formula is C20H22ClN3O4. The first kappa shape index (κ1) is 18.8. The summed E-state index contributed by atoms with van der Waals surface area (Å²) >= 11 is 0. The van der Waals surface area contributed by atoms with E-state index in [4.69, 9.17) is 9.47 Å². The molecule has 2 bridgehead atoms. The number of piperidine rings is 1. The van der Waals surface area contributed by atoms with Crippen LogP contribution in [-0.4, -0.2) is 47.3 Å². The normalized spacial score (nSPS) is 21.7. The summed E-state index contributed by atoms with van der Waals surface area (Å²) in [5.74, 6) is 1.24. The first-order valence-electron chi connectivity index (χ1n) is 9.22. The fourth-order valence-corrected chi connectivity index (χ4v) is 4.12. The highest BCUT2D eigenvalue weighted by Gasteiger charge is 2.39. The number of carbonyl (C=O) groups is 1. The summed E-state index contributed by atoms with van der Waals surface area (Å²) in [5.41, 5.74) is 1.68. The molecule has 28 heavy (non-hydrogen) atoms. The summed E-state index contributed by atoms with van der Waals surface area (Å²) in [6.45, 7) is 3.76.